The third-order valence-electron chi connectivity index (χ3n) is 4.82. The molecule has 2 aliphatic rings. The van der Waals surface area contributed by atoms with Gasteiger partial charge in [0.15, 0.2) is 0 Å². The molecule has 5 nitrogen and oxygen atoms in total. The summed E-state index contributed by atoms with van der Waals surface area (Å²) in [5.74, 6) is -0.924. The van der Waals surface area contributed by atoms with Crippen LogP contribution in [-0.2, 0) is 9.59 Å². The van der Waals surface area contributed by atoms with Crippen molar-refractivity contribution in [2.45, 2.75) is 12.8 Å². The van der Waals surface area contributed by atoms with Gasteiger partial charge in [0, 0.05) is 0 Å². The lowest BCUT2D eigenvalue weighted by Crippen LogP contribution is -2.30. The van der Waals surface area contributed by atoms with Crippen LogP contribution in [0.25, 0.3) is 0 Å². The third kappa shape index (κ3) is 2.81. The molecule has 0 aromatic heterocycles. The van der Waals surface area contributed by atoms with Crippen molar-refractivity contribution in [3.63, 3.8) is 0 Å². The topological polar surface area (TPSA) is 63.7 Å². The maximum absolute atomic E-state index is 12.6. The summed E-state index contributed by atoms with van der Waals surface area (Å²) < 4.78 is 5.33. The van der Waals surface area contributed by atoms with Crippen LogP contribution >= 0.6 is 0 Å². The Balaban J connectivity index is 1.51. The van der Waals surface area contributed by atoms with Gasteiger partial charge < -0.3 is 4.74 Å². The summed E-state index contributed by atoms with van der Waals surface area (Å²) in [6.07, 6.45) is 5.14. The average molecular weight is 347 g/mol. The van der Waals surface area contributed by atoms with Crippen LogP contribution in [0.15, 0.2) is 66.7 Å². The second kappa shape index (κ2) is 6.59. The monoisotopic (exact) mass is 347 g/mol. The van der Waals surface area contributed by atoms with Crippen LogP contribution in [0.3, 0.4) is 0 Å². The van der Waals surface area contributed by atoms with Crippen LogP contribution in [0.4, 0.5) is 5.69 Å². The Morgan fingerprint density at radius 3 is 2.00 bits per heavy atom. The minimum absolute atomic E-state index is 0.154. The number of carbonyl (C=O) groups excluding carboxylic acids is 3. The predicted molar refractivity (Wildman–Crippen MR) is 95.7 cm³/mol. The summed E-state index contributed by atoms with van der Waals surface area (Å²) in [5.41, 5.74) is 0.965. The van der Waals surface area contributed by atoms with Crippen molar-refractivity contribution < 1.29 is 19.1 Å². The van der Waals surface area contributed by atoms with Crippen LogP contribution in [0.2, 0.25) is 0 Å². The number of nitrogens with zero attached hydrogens (tertiary/aromatic N) is 1. The van der Waals surface area contributed by atoms with Gasteiger partial charge in [0.05, 0.1) is 23.1 Å². The zero-order valence-electron chi connectivity index (χ0n) is 14.0. The Morgan fingerprint density at radius 2 is 1.42 bits per heavy atom. The Hall–Kier alpha value is -3.21. The van der Waals surface area contributed by atoms with Crippen molar-refractivity contribution in [1.29, 1.82) is 0 Å². The quantitative estimate of drug-likeness (QED) is 0.370. The number of hydrogen-bond acceptors (Lipinski definition) is 4. The van der Waals surface area contributed by atoms with Gasteiger partial charge in [-0.1, -0.05) is 30.4 Å². The van der Waals surface area contributed by atoms with E-state index in [4.69, 9.17) is 4.74 Å². The minimum Gasteiger partial charge on any atom is -0.423 e. The predicted octanol–water partition coefficient (Wildman–Crippen LogP) is 3.36. The molecule has 4 rings (SSSR count). The average Bonchev–Trinajstić information content (AvgIpc) is 2.94. The van der Waals surface area contributed by atoms with Crippen LogP contribution < -0.4 is 9.64 Å². The number of anilines is 1. The molecule has 0 unspecified atom stereocenters. The minimum atomic E-state index is -0.455. The Morgan fingerprint density at radius 1 is 0.846 bits per heavy atom. The molecule has 0 saturated carbocycles. The fourth-order valence-electron chi connectivity index (χ4n) is 3.46. The molecule has 0 bridgehead atoms. The molecule has 1 fully saturated rings. The van der Waals surface area contributed by atoms with Crippen molar-refractivity contribution in [1.82, 2.24) is 0 Å². The molecule has 2 amide bonds. The van der Waals surface area contributed by atoms with E-state index in [1.165, 1.54) is 4.90 Å². The molecule has 5 heteroatoms. The number of ether oxygens (including phenoxy) is 1. The highest BCUT2D eigenvalue weighted by Crippen LogP contribution is 2.37. The van der Waals surface area contributed by atoms with Crippen LogP contribution in [0.5, 0.6) is 5.75 Å². The van der Waals surface area contributed by atoms with Crippen molar-refractivity contribution >= 4 is 23.5 Å². The van der Waals surface area contributed by atoms with Crippen LogP contribution in [0, 0.1) is 11.8 Å². The summed E-state index contributed by atoms with van der Waals surface area (Å²) in [7, 11) is 0. The summed E-state index contributed by atoms with van der Waals surface area (Å²) in [6.45, 7) is 0. The second-order valence-corrected chi connectivity index (χ2v) is 6.42. The summed E-state index contributed by atoms with van der Waals surface area (Å²) in [5, 5.41) is 0. The number of benzene rings is 2. The van der Waals surface area contributed by atoms with Crippen LogP contribution in [0.1, 0.15) is 23.2 Å². The molecule has 0 radical (unpaired) electrons. The second-order valence-electron chi connectivity index (χ2n) is 6.42. The smallest absolute Gasteiger partial charge is 0.343 e. The molecule has 2 aromatic rings. The molecule has 2 atom stereocenters. The van der Waals surface area contributed by atoms with E-state index in [-0.39, 0.29) is 23.7 Å². The largest absolute Gasteiger partial charge is 0.423 e. The molecule has 1 heterocycles. The van der Waals surface area contributed by atoms with Gasteiger partial charge in [-0.15, -0.1) is 0 Å². The van der Waals surface area contributed by atoms with E-state index < -0.39 is 5.97 Å². The molecule has 1 aliphatic heterocycles. The molecule has 1 saturated heterocycles. The van der Waals surface area contributed by atoms with E-state index in [1.54, 1.807) is 48.5 Å². The Labute approximate surface area is 150 Å². The standard InChI is InChI=1S/C21H17NO4/c23-19-17-8-4-5-9-18(17)20(24)22(19)15-10-12-16(13-11-15)26-21(25)14-6-2-1-3-7-14/h1-7,10-13,17-18H,8-9H2/t17-,18+. The third-order valence-corrected chi connectivity index (χ3v) is 4.82. The van der Waals surface area contributed by atoms with Gasteiger partial charge in [-0.25, -0.2) is 4.79 Å². The van der Waals surface area contributed by atoms with Gasteiger partial charge in [-0.3, -0.25) is 14.5 Å². The van der Waals surface area contributed by atoms with Gasteiger partial charge in [0.1, 0.15) is 5.75 Å². The number of hydrogen-bond donors (Lipinski definition) is 0. The van der Waals surface area contributed by atoms with E-state index in [0.717, 1.165) is 0 Å². The maximum atomic E-state index is 12.6. The first-order valence-corrected chi connectivity index (χ1v) is 8.55. The Bertz CT molecular complexity index is 860. The van der Waals surface area contributed by atoms with E-state index in [0.29, 0.717) is 29.8 Å². The highest BCUT2D eigenvalue weighted by molar-refractivity contribution is 6.22. The van der Waals surface area contributed by atoms with Crippen molar-refractivity contribution in [2.75, 3.05) is 4.90 Å². The lowest BCUT2D eigenvalue weighted by atomic mass is 9.85. The zero-order chi connectivity index (χ0) is 18.1. The molecule has 1 aliphatic carbocycles. The normalized spacial score (nSPS) is 21.6. The van der Waals surface area contributed by atoms with Gasteiger partial charge in [-0.2, -0.15) is 0 Å². The van der Waals surface area contributed by atoms with E-state index in [9.17, 15) is 14.4 Å². The first-order valence-electron chi connectivity index (χ1n) is 8.55. The highest BCUT2D eigenvalue weighted by Gasteiger charge is 2.47. The molecular weight excluding hydrogens is 330 g/mol. The molecule has 0 N–H and O–H groups in total. The highest BCUT2D eigenvalue weighted by atomic mass is 16.5. The lowest BCUT2D eigenvalue weighted by molar-refractivity contribution is -0.122. The SMILES string of the molecule is O=C(Oc1ccc(N2C(=O)[C@H]3CC=CC[C@H]3C2=O)cc1)c1ccccc1. The number of fused-ring (bicyclic) bond motifs is 1. The molecular formula is C21H17NO4. The lowest BCUT2D eigenvalue weighted by Gasteiger charge is -2.15. The van der Waals surface area contributed by atoms with E-state index in [1.807, 2.05) is 18.2 Å². The van der Waals surface area contributed by atoms with Gasteiger partial charge in [-0.05, 0) is 49.2 Å². The van der Waals surface area contributed by atoms with Crippen molar-refractivity contribution in [3.8, 4) is 5.75 Å². The van der Waals surface area contributed by atoms with Gasteiger partial charge in [0.2, 0.25) is 11.8 Å². The molecule has 0 spiro atoms. The number of rotatable bonds is 3. The first-order chi connectivity index (χ1) is 12.6. The molecule has 130 valence electrons. The number of amides is 2. The summed E-state index contributed by atoms with van der Waals surface area (Å²) in [6, 6.07) is 15.2. The van der Waals surface area contributed by atoms with Crippen molar-refractivity contribution in [2.24, 2.45) is 11.8 Å². The van der Waals surface area contributed by atoms with E-state index in [2.05, 4.69) is 0 Å². The molecule has 2 aromatic carbocycles. The fourth-order valence-corrected chi connectivity index (χ4v) is 3.46. The number of imide groups is 1. The number of esters is 1. The summed E-state index contributed by atoms with van der Waals surface area (Å²) in [4.78, 5) is 38.5. The zero-order valence-corrected chi connectivity index (χ0v) is 14.0. The fraction of sp³-hybridized carbons (Fsp3) is 0.190. The Kier molecular flexibility index (Phi) is 4.13. The number of carbonyl (C=O) groups is 3. The maximum Gasteiger partial charge on any atom is 0.343 e. The van der Waals surface area contributed by atoms with Gasteiger partial charge in [0.25, 0.3) is 0 Å². The molecule has 26 heavy (non-hydrogen) atoms. The van der Waals surface area contributed by atoms with Crippen LogP contribution in [-0.4, -0.2) is 17.8 Å². The summed E-state index contributed by atoms with van der Waals surface area (Å²) >= 11 is 0. The van der Waals surface area contributed by atoms with E-state index >= 15 is 0 Å². The first kappa shape index (κ1) is 16.3. The van der Waals surface area contributed by atoms with Gasteiger partial charge >= 0.3 is 5.97 Å². The number of allylic oxidation sites excluding steroid dienone is 2. The van der Waals surface area contributed by atoms with Crippen molar-refractivity contribution in [3.05, 3.63) is 72.3 Å².